The second-order valence-electron chi connectivity index (χ2n) is 5.17. The van der Waals surface area contributed by atoms with Crippen molar-refractivity contribution in [3.8, 4) is 6.07 Å². The van der Waals surface area contributed by atoms with Crippen LogP contribution in [0.2, 0.25) is 0 Å². The summed E-state index contributed by atoms with van der Waals surface area (Å²) in [5, 5.41) is 8.84. The van der Waals surface area contributed by atoms with Crippen LogP contribution in [0, 0.1) is 11.3 Å². The molecule has 0 saturated carbocycles. The summed E-state index contributed by atoms with van der Waals surface area (Å²) in [5.74, 6) is 0. The van der Waals surface area contributed by atoms with E-state index in [1.54, 1.807) is 12.1 Å². The van der Waals surface area contributed by atoms with Gasteiger partial charge in [0.2, 0.25) is 0 Å². The third-order valence-corrected chi connectivity index (χ3v) is 3.70. The zero-order valence-corrected chi connectivity index (χ0v) is 11.9. The smallest absolute Gasteiger partial charge is 0.148 e. The monoisotopic (exact) mass is 286 g/mol. The van der Waals surface area contributed by atoms with Crippen LogP contribution < -0.4 is 0 Å². The highest BCUT2D eigenvalue weighted by molar-refractivity contribution is 6.13. The molecule has 1 aliphatic heterocycles. The lowest BCUT2D eigenvalue weighted by molar-refractivity contribution is -0.105. The van der Waals surface area contributed by atoms with Gasteiger partial charge in [-0.1, -0.05) is 42.5 Å². The molecule has 2 aromatic rings. The normalized spacial score (nSPS) is 16.6. The number of benzene rings is 2. The molecule has 106 valence electrons. The topological polar surface area (TPSA) is 53.2 Å². The highest BCUT2D eigenvalue weighted by Gasteiger charge is 2.21. The zero-order valence-electron chi connectivity index (χ0n) is 11.9. The molecule has 22 heavy (non-hydrogen) atoms. The Morgan fingerprint density at radius 1 is 1.09 bits per heavy atom. The number of hydrogen-bond donors (Lipinski definition) is 0. The maximum atomic E-state index is 11.3. The van der Waals surface area contributed by atoms with Crippen LogP contribution in [0.15, 0.2) is 71.2 Å². The van der Waals surface area contributed by atoms with Crippen molar-refractivity contribution in [1.29, 1.82) is 5.26 Å². The number of nitriles is 1. The van der Waals surface area contributed by atoms with Gasteiger partial charge in [0.05, 0.1) is 23.4 Å². The first-order chi connectivity index (χ1) is 10.8. The fourth-order valence-electron chi connectivity index (χ4n) is 2.52. The summed E-state index contributed by atoms with van der Waals surface area (Å²) in [7, 11) is 0. The highest BCUT2D eigenvalue weighted by atomic mass is 16.1. The summed E-state index contributed by atoms with van der Waals surface area (Å²) in [6.45, 7) is 0. The molecule has 0 fully saturated rings. The molecule has 0 N–H and O–H groups in total. The van der Waals surface area contributed by atoms with Gasteiger partial charge in [-0.2, -0.15) is 5.26 Å². The molecule has 0 spiro atoms. The van der Waals surface area contributed by atoms with Crippen LogP contribution in [0.5, 0.6) is 0 Å². The number of carbonyl (C=O) groups excluding carboxylic acids is 1. The molecule has 0 amide bonds. The Labute approximate surface area is 129 Å². The van der Waals surface area contributed by atoms with Crippen LogP contribution in [0.1, 0.15) is 16.7 Å². The van der Waals surface area contributed by atoms with Crippen LogP contribution in [0.25, 0.3) is 0 Å². The van der Waals surface area contributed by atoms with Gasteiger partial charge in [-0.15, -0.1) is 0 Å². The van der Waals surface area contributed by atoms with Crippen LogP contribution >= 0.6 is 0 Å². The Kier molecular flexibility index (Phi) is 3.93. The van der Waals surface area contributed by atoms with Crippen LogP contribution in [-0.4, -0.2) is 18.0 Å². The molecule has 0 aliphatic carbocycles. The molecule has 1 unspecified atom stereocenters. The van der Waals surface area contributed by atoms with E-state index >= 15 is 0 Å². The SMILES string of the molecule is N#Cc1ccc(C2=NC(Cc3ccccc3)C(C=O)=C2)cc1. The molecule has 2 aromatic carbocycles. The number of hydrogen-bond acceptors (Lipinski definition) is 3. The van der Waals surface area contributed by atoms with Gasteiger partial charge in [-0.3, -0.25) is 9.79 Å². The van der Waals surface area contributed by atoms with Gasteiger partial charge in [-0.05, 0) is 35.8 Å². The first kappa shape index (κ1) is 14.0. The molecule has 1 atom stereocenters. The number of carbonyl (C=O) groups is 1. The number of aldehydes is 1. The largest absolute Gasteiger partial charge is 0.298 e. The minimum atomic E-state index is -0.134. The maximum absolute atomic E-state index is 11.3. The first-order valence-electron chi connectivity index (χ1n) is 7.09. The van der Waals surface area contributed by atoms with Gasteiger partial charge in [0.15, 0.2) is 0 Å². The Hall–Kier alpha value is -2.99. The summed E-state index contributed by atoms with van der Waals surface area (Å²) in [6.07, 6.45) is 3.43. The van der Waals surface area contributed by atoms with Gasteiger partial charge in [-0.25, -0.2) is 0 Å². The summed E-state index contributed by atoms with van der Waals surface area (Å²) in [6, 6.07) is 19.2. The fourth-order valence-corrected chi connectivity index (χ4v) is 2.52. The van der Waals surface area contributed by atoms with E-state index < -0.39 is 0 Å². The van der Waals surface area contributed by atoms with Crippen LogP contribution in [0.4, 0.5) is 0 Å². The second-order valence-corrected chi connectivity index (χ2v) is 5.17. The molecular formula is C19H14N2O. The Balaban J connectivity index is 1.86. The number of nitrogens with zero attached hydrogens (tertiary/aromatic N) is 2. The molecule has 0 bridgehead atoms. The molecule has 3 rings (SSSR count). The number of rotatable bonds is 4. The van der Waals surface area contributed by atoms with Crippen molar-refractivity contribution >= 4 is 12.0 Å². The van der Waals surface area contributed by atoms with E-state index in [4.69, 9.17) is 5.26 Å². The number of aliphatic imine (C=N–C) groups is 1. The third-order valence-electron chi connectivity index (χ3n) is 3.70. The minimum absolute atomic E-state index is 0.134. The Morgan fingerprint density at radius 2 is 1.82 bits per heavy atom. The van der Waals surface area contributed by atoms with Gasteiger partial charge in [0, 0.05) is 5.57 Å². The van der Waals surface area contributed by atoms with Gasteiger partial charge >= 0.3 is 0 Å². The predicted octanol–water partition coefficient (Wildman–Crippen LogP) is 3.10. The lowest BCUT2D eigenvalue weighted by Crippen LogP contribution is -2.10. The average Bonchev–Trinajstić information content (AvgIpc) is 2.99. The Bertz CT molecular complexity index is 780. The van der Waals surface area contributed by atoms with Crippen molar-refractivity contribution in [1.82, 2.24) is 0 Å². The van der Waals surface area contributed by atoms with Gasteiger partial charge < -0.3 is 0 Å². The fraction of sp³-hybridized carbons (Fsp3) is 0.105. The highest BCUT2D eigenvalue weighted by Crippen LogP contribution is 2.21. The van der Waals surface area contributed by atoms with Crippen molar-refractivity contribution in [3.63, 3.8) is 0 Å². The van der Waals surface area contributed by atoms with Gasteiger partial charge in [0.1, 0.15) is 6.29 Å². The molecular weight excluding hydrogens is 272 g/mol. The zero-order chi connectivity index (χ0) is 15.4. The standard InChI is InChI=1S/C19H14N2O/c20-12-15-6-8-16(9-7-15)19-11-17(13-22)18(21-19)10-14-4-2-1-3-5-14/h1-9,11,13,18H,10H2. The average molecular weight is 286 g/mol. The lowest BCUT2D eigenvalue weighted by Gasteiger charge is -2.08. The lowest BCUT2D eigenvalue weighted by atomic mass is 10.0. The van der Waals surface area contributed by atoms with E-state index in [9.17, 15) is 4.79 Å². The van der Waals surface area contributed by atoms with Crippen molar-refractivity contribution in [2.45, 2.75) is 12.5 Å². The van der Waals surface area contributed by atoms with Crippen LogP contribution in [-0.2, 0) is 11.2 Å². The Morgan fingerprint density at radius 3 is 2.45 bits per heavy atom. The van der Waals surface area contributed by atoms with E-state index in [0.717, 1.165) is 23.1 Å². The van der Waals surface area contributed by atoms with E-state index in [1.165, 1.54) is 0 Å². The molecule has 0 saturated heterocycles. The molecule has 1 heterocycles. The van der Waals surface area contributed by atoms with Crippen molar-refractivity contribution in [2.24, 2.45) is 4.99 Å². The van der Waals surface area contributed by atoms with Crippen molar-refractivity contribution in [2.75, 3.05) is 0 Å². The van der Waals surface area contributed by atoms with E-state index in [0.29, 0.717) is 17.6 Å². The quantitative estimate of drug-likeness (QED) is 0.811. The molecule has 3 nitrogen and oxygen atoms in total. The molecule has 1 aliphatic rings. The predicted molar refractivity (Wildman–Crippen MR) is 85.8 cm³/mol. The third kappa shape index (κ3) is 2.87. The van der Waals surface area contributed by atoms with E-state index in [2.05, 4.69) is 11.1 Å². The van der Waals surface area contributed by atoms with E-state index in [1.807, 2.05) is 48.5 Å². The van der Waals surface area contributed by atoms with Crippen molar-refractivity contribution in [3.05, 3.63) is 82.9 Å². The minimum Gasteiger partial charge on any atom is -0.298 e. The molecule has 0 radical (unpaired) electrons. The summed E-state index contributed by atoms with van der Waals surface area (Å²) >= 11 is 0. The van der Waals surface area contributed by atoms with Crippen LogP contribution in [0.3, 0.4) is 0 Å². The maximum Gasteiger partial charge on any atom is 0.148 e. The second kappa shape index (κ2) is 6.19. The van der Waals surface area contributed by atoms with Gasteiger partial charge in [0.25, 0.3) is 0 Å². The summed E-state index contributed by atoms with van der Waals surface area (Å²) in [4.78, 5) is 16.0. The summed E-state index contributed by atoms with van der Waals surface area (Å²) in [5.41, 5.74) is 4.19. The molecule has 3 heteroatoms. The number of allylic oxidation sites excluding steroid dienone is 1. The molecule has 0 aromatic heterocycles. The van der Waals surface area contributed by atoms with E-state index in [-0.39, 0.29) is 6.04 Å². The summed E-state index contributed by atoms with van der Waals surface area (Å²) < 4.78 is 0. The first-order valence-corrected chi connectivity index (χ1v) is 7.09. The van der Waals surface area contributed by atoms with Crippen molar-refractivity contribution < 1.29 is 4.79 Å².